The molecule has 0 unspecified atom stereocenters. The third-order valence-corrected chi connectivity index (χ3v) is 4.57. The molecular weight excluding hydrogens is 262 g/mol. The molecule has 106 valence electrons. The van der Waals surface area contributed by atoms with Gasteiger partial charge in [-0.15, -0.1) is 10.2 Å². The summed E-state index contributed by atoms with van der Waals surface area (Å²) in [5.74, 6) is 7.33. The van der Waals surface area contributed by atoms with Crippen LogP contribution < -0.4 is 11.2 Å². The molecule has 0 radical (unpaired) electrons. The Hall–Kier alpha value is -1.24. The van der Waals surface area contributed by atoms with Crippen molar-refractivity contribution < 1.29 is 4.79 Å². The molecule has 2 rings (SSSR count). The zero-order valence-electron chi connectivity index (χ0n) is 11.4. The quantitative estimate of drug-likeness (QED) is 0.638. The van der Waals surface area contributed by atoms with Crippen LogP contribution in [0.25, 0.3) is 0 Å². The molecule has 1 aromatic rings. The first-order chi connectivity index (χ1) is 9.08. The molecule has 1 heterocycles. The van der Waals surface area contributed by atoms with Crippen molar-refractivity contribution in [2.45, 2.75) is 50.7 Å². The number of nitrogens with zero attached hydrogens (tertiary/aromatic N) is 3. The second-order valence-corrected chi connectivity index (χ2v) is 6.07. The Bertz CT molecular complexity index is 447. The van der Waals surface area contributed by atoms with Crippen molar-refractivity contribution in [3.63, 3.8) is 0 Å². The van der Waals surface area contributed by atoms with Crippen molar-refractivity contribution in [3.8, 4) is 0 Å². The predicted octanol–water partition coefficient (Wildman–Crippen LogP) is 1.09. The largest absolute Gasteiger partial charge is 0.352 e. The summed E-state index contributed by atoms with van der Waals surface area (Å²) in [5, 5.41) is 11.5. The lowest BCUT2D eigenvalue weighted by Crippen LogP contribution is -2.41. The normalized spacial score (nSPS) is 23.3. The van der Waals surface area contributed by atoms with E-state index in [0.717, 1.165) is 6.42 Å². The van der Waals surface area contributed by atoms with Gasteiger partial charge in [-0.2, -0.15) is 0 Å². The summed E-state index contributed by atoms with van der Waals surface area (Å²) in [6, 6.07) is 0.319. The molecule has 0 aliphatic heterocycles. The molecular formula is C12H21N5OS. The molecule has 0 spiro atoms. The standard InChI is InChI=1S/C12H21N5OS/c1-8-5-3-4-6-10(8)14-11(18)7-19-12-16-15-9(2)17(12)13/h8,10H,3-7,13H2,1-2H3,(H,14,18)/t8-,10+/m0/s1. The summed E-state index contributed by atoms with van der Waals surface area (Å²) in [5.41, 5.74) is 0. The molecule has 0 saturated heterocycles. The highest BCUT2D eigenvalue weighted by Crippen LogP contribution is 2.24. The first-order valence-electron chi connectivity index (χ1n) is 6.67. The van der Waals surface area contributed by atoms with Crippen molar-refractivity contribution >= 4 is 17.7 Å². The lowest BCUT2D eigenvalue weighted by atomic mass is 9.86. The molecule has 1 aliphatic carbocycles. The van der Waals surface area contributed by atoms with Crippen LogP contribution in [0, 0.1) is 12.8 Å². The SMILES string of the molecule is Cc1nnc(SCC(=O)N[C@@H]2CCCC[C@@H]2C)n1N. The Morgan fingerprint density at radius 3 is 2.84 bits per heavy atom. The van der Waals surface area contributed by atoms with E-state index in [9.17, 15) is 4.79 Å². The average Bonchev–Trinajstić information content (AvgIpc) is 2.70. The minimum absolute atomic E-state index is 0.0457. The molecule has 6 nitrogen and oxygen atoms in total. The smallest absolute Gasteiger partial charge is 0.230 e. The lowest BCUT2D eigenvalue weighted by molar-refractivity contribution is -0.119. The zero-order valence-corrected chi connectivity index (χ0v) is 12.2. The van der Waals surface area contributed by atoms with Gasteiger partial charge in [0.1, 0.15) is 5.82 Å². The van der Waals surface area contributed by atoms with Crippen LogP contribution in [0.3, 0.4) is 0 Å². The molecule has 2 atom stereocenters. The summed E-state index contributed by atoms with van der Waals surface area (Å²) >= 11 is 1.32. The average molecular weight is 283 g/mol. The second kappa shape index (κ2) is 6.27. The van der Waals surface area contributed by atoms with E-state index in [4.69, 9.17) is 5.84 Å². The van der Waals surface area contributed by atoms with Crippen LogP contribution in [0.5, 0.6) is 0 Å². The number of amides is 1. The van der Waals surface area contributed by atoms with Gasteiger partial charge in [-0.25, -0.2) is 4.68 Å². The number of aromatic nitrogens is 3. The van der Waals surface area contributed by atoms with Gasteiger partial charge in [-0.3, -0.25) is 4.79 Å². The molecule has 7 heteroatoms. The van der Waals surface area contributed by atoms with E-state index in [0.29, 0.717) is 28.7 Å². The third-order valence-electron chi connectivity index (χ3n) is 3.63. The zero-order chi connectivity index (χ0) is 13.8. The van der Waals surface area contributed by atoms with Gasteiger partial charge < -0.3 is 11.2 Å². The molecule has 1 fully saturated rings. The molecule has 0 bridgehead atoms. The van der Waals surface area contributed by atoms with Crippen LogP contribution in [0.2, 0.25) is 0 Å². The van der Waals surface area contributed by atoms with Gasteiger partial charge in [0.15, 0.2) is 0 Å². The van der Waals surface area contributed by atoms with Crippen LogP contribution >= 0.6 is 11.8 Å². The van der Waals surface area contributed by atoms with Crippen molar-refractivity contribution in [3.05, 3.63) is 5.82 Å². The first kappa shape index (κ1) is 14.2. The maximum Gasteiger partial charge on any atom is 0.230 e. The summed E-state index contributed by atoms with van der Waals surface area (Å²) in [6.07, 6.45) is 4.77. The number of hydrogen-bond donors (Lipinski definition) is 2. The minimum atomic E-state index is 0.0457. The lowest BCUT2D eigenvalue weighted by Gasteiger charge is -2.29. The van der Waals surface area contributed by atoms with Crippen LogP contribution in [-0.2, 0) is 4.79 Å². The first-order valence-corrected chi connectivity index (χ1v) is 7.65. The number of carbonyl (C=O) groups excluding carboxylic acids is 1. The minimum Gasteiger partial charge on any atom is -0.352 e. The molecule has 3 N–H and O–H groups in total. The third kappa shape index (κ3) is 3.62. The van der Waals surface area contributed by atoms with Gasteiger partial charge >= 0.3 is 0 Å². The van der Waals surface area contributed by atoms with E-state index in [1.807, 2.05) is 0 Å². The summed E-state index contributed by atoms with van der Waals surface area (Å²) < 4.78 is 1.40. The molecule has 0 aromatic carbocycles. The topological polar surface area (TPSA) is 85.8 Å². The molecule has 1 aliphatic rings. The number of aryl methyl sites for hydroxylation is 1. The fraction of sp³-hybridized carbons (Fsp3) is 0.750. The number of nitrogen functional groups attached to an aromatic ring is 1. The Morgan fingerprint density at radius 2 is 2.21 bits per heavy atom. The van der Waals surface area contributed by atoms with Gasteiger partial charge in [-0.1, -0.05) is 31.5 Å². The monoisotopic (exact) mass is 283 g/mol. The summed E-state index contributed by atoms with van der Waals surface area (Å²) in [7, 11) is 0. The molecule has 19 heavy (non-hydrogen) atoms. The number of nitrogens with one attached hydrogen (secondary N) is 1. The van der Waals surface area contributed by atoms with Gasteiger partial charge in [0.05, 0.1) is 5.75 Å². The molecule has 1 aromatic heterocycles. The Balaban J connectivity index is 1.80. The van der Waals surface area contributed by atoms with Crippen molar-refractivity contribution in [1.82, 2.24) is 20.2 Å². The van der Waals surface area contributed by atoms with Crippen LogP contribution in [0.15, 0.2) is 5.16 Å². The Labute approximate surface area is 117 Å². The fourth-order valence-electron chi connectivity index (χ4n) is 2.36. The maximum atomic E-state index is 11.9. The summed E-state index contributed by atoms with van der Waals surface area (Å²) in [4.78, 5) is 11.9. The van der Waals surface area contributed by atoms with Crippen molar-refractivity contribution in [1.29, 1.82) is 0 Å². The maximum absolute atomic E-state index is 11.9. The van der Waals surface area contributed by atoms with E-state index in [1.54, 1.807) is 6.92 Å². The summed E-state index contributed by atoms with van der Waals surface area (Å²) in [6.45, 7) is 3.98. The van der Waals surface area contributed by atoms with E-state index in [1.165, 1.54) is 35.7 Å². The van der Waals surface area contributed by atoms with Crippen molar-refractivity contribution in [2.75, 3.05) is 11.6 Å². The number of rotatable bonds is 4. The van der Waals surface area contributed by atoms with Crippen LogP contribution in [0.1, 0.15) is 38.4 Å². The Morgan fingerprint density at radius 1 is 1.47 bits per heavy atom. The number of hydrogen-bond acceptors (Lipinski definition) is 5. The van der Waals surface area contributed by atoms with E-state index < -0.39 is 0 Å². The highest BCUT2D eigenvalue weighted by atomic mass is 32.2. The van der Waals surface area contributed by atoms with Gasteiger partial charge in [0, 0.05) is 6.04 Å². The number of nitrogens with two attached hydrogens (primary N) is 1. The van der Waals surface area contributed by atoms with Crippen LogP contribution in [-0.4, -0.2) is 32.6 Å². The van der Waals surface area contributed by atoms with Crippen LogP contribution in [0.4, 0.5) is 0 Å². The van der Waals surface area contributed by atoms with Gasteiger partial charge in [0.25, 0.3) is 0 Å². The predicted molar refractivity (Wildman–Crippen MR) is 75.2 cm³/mol. The highest BCUT2D eigenvalue weighted by molar-refractivity contribution is 7.99. The fourth-order valence-corrected chi connectivity index (χ4v) is 3.07. The number of carbonyl (C=O) groups is 1. The van der Waals surface area contributed by atoms with E-state index in [-0.39, 0.29) is 5.91 Å². The van der Waals surface area contributed by atoms with E-state index in [2.05, 4.69) is 22.4 Å². The second-order valence-electron chi connectivity index (χ2n) is 5.12. The molecule has 1 amide bonds. The highest BCUT2D eigenvalue weighted by Gasteiger charge is 2.22. The number of thioether (sulfide) groups is 1. The van der Waals surface area contributed by atoms with E-state index >= 15 is 0 Å². The van der Waals surface area contributed by atoms with Crippen molar-refractivity contribution in [2.24, 2.45) is 5.92 Å². The Kier molecular flexibility index (Phi) is 4.68. The van der Waals surface area contributed by atoms with Gasteiger partial charge in [-0.05, 0) is 25.7 Å². The molecule has 1 saturated carbocycles. The van der Waals surface area contributed by atoms with Gasteiger partial charge in [0.2, 0.25) is 11.1 Å².